The number of amides is 1. The monoisotopic (exact) mass is 224 g/mol. The molecule has 1 aromatic heterocycles. The Hall–Kier alpha value is -1.43. The van der Waals surface area contributed by atoms with Gasteiger partial charge in [-0.15, -0.1) is 0 Å². The van der Waals surface area contributed by atoms with Crippen molar-refractivity contribution in [2.75, 3.05) is 20.2 Å². The Balaban J connectivity index is 2.08. The molecule has 0 saturated carbocycles. The minimum Gasteiger partial charge on any atom is -0.377 e. The number of likely N-dealkylation sites (tertiary alicyclic amines) is 1. The van der Waals surface area contributed by atoms with Crippen molar-refractivity contribution < 1.29 is 9.53 Å². The summed E-state index contributed by atoms with van der Waals surface area (Å²) >= 11 is 0. The van der Waals surface area contributed by atoms with Gasteiger partial charge in [-0.05, 0) is 19.8 Å². The molecule has 0 aliphatic carbocycles. The van der Waals surface area contributed by atoms with Gasteiger partial charge in [0.25, 0.3) is 5.91 Å². The van der Waals surface area contributed by atoms with Crippen molar-refractivity contribution >= 4 is 5.91 Å². The highest BCUT2D eigenvalue weighted by Crippen LogP contribution is 2.24. The summed E-state index contributed by atoms with van der Waals surface area (Å²) in [6.07, 6.45) is 3.38. The lowest BCUT2D eigenvalue weighted by Crippen LogP contribution is -2.49. The third-order valence-corrected chi connectivity index (χ3v) is 3.07. The van der Waals surface area contributed by atoms with E-state index in [1.807, 2.05) is 6.92 Å². The smallest absolute Gasteiger partial charge is 0.276 e. The van der Waals surface area contributed by atoms with Gasteiger partial charge in [0.1, 0.15) is 0 Å². The molecule has 0 radical (unpaired) electrons. The molecule has 1 aliphatic rings. The topological polar surface area (TPSA) is 71.1 Å². The van der Waals surface area contributed by atoms with Crippen LogP contribution < -0.4 is 0 Å². The van der Waals surface area contributed by atoms with Crippen molar-refractivity contribution in [3.8, 4) is 0 Å². The van der Waals surface area contributed by atoms with Crippen LogP contribution in [-0.4, -0.2) is 52.0 Å². The van der Waals surface area contributed by atoms with Gasteiger partial charge in [0.2, 0.25) is 0 Å². The first kappa shape index (κ1) is 11.1. The number of nitrogens with one attached hydrogen (secondary N) is 1. The molecule has 0 bridgehead atoms. The summed E-state index contributed by atoms with van der Waals surface area (Å²) in [6.45, 7) is 3.38. The molecule has 1 saturated heterocycles. The van der Waals surface area contributed by atoms with Gasteiger partial charge in [0.05, 0.1) is 11.8 Å². The van der Waals surface area contributed by atoms with Crippen molar-refractivity contribution in [1.82, 2.24) is 20.3 Å². The van der Waals surface area contributed by atoms with Gasteiger partial charge in [0.15, 0.2) is 5.69 Å². The standard InChI is InChI=1S/C10H16N4O2/c1-10(16-2)4-3-5-14(7-10)9(15)8-6-11-13-12-8/h6H,3-5,7H2,1-2H3,(H,11,12,13). The minimum atomic E-state index is -0.238. The first-order valence-corrected chi connectivity index (χ1v) is 5.35. The fraction of sp³-hybridized carbons (Fsp3) is 0.700. The molecular weight excluding hydrogens is 208 g/mol. The number of carbonyl (C=O) groups excluding carboxylic acids is 1. The number of nitrogens with zero attached hydrogens (tertiary/aromatic N) is 3. The molecule has 6 nitrogen and oxygen atoms in total. The highest BCUT2D eigenvalue weighted by Gasteiger charge is 2.33. The van der Waals surface area contributed by atoms with E-state index in [1.54, 1.807) is 12.0 Å². The molecule has 1 amide bonds. The number of hydrogen-bond donors (Lipinski definition) is 1. The SMILES string of the molecule is COC1(C)CCCN(C(=O)c2cn[nH]n2)C1. The lowest BCUT2D eigenvalue weighted by atomic mass is 9.94. The van der Waals surface area contributed by atoms with Crippen LogP contribution in [0.1, 0.15) is 30.3 Å². The number of piperidine rings is 1. The third-order valence-electron chi connectivity index (χ3n) is 3.07. The van der Waals surface area contributed by atoms with Crippen molar-refractivity contribution in [3.63, 3.8) is 0 Å². The quantitative estimate of drug-likeness (QED) is 0.791. The highest BCUT2D eigenvalue weighted by atomic mass is 16.5. The van der Waals surface area contributed by atoms with Crippen LogP contribution in [0.3, 0.4) is 0 Å². The number of methoxy groups -OCH3 is 1. The summed E-state index contributed by atoms with van der Waals surface area (Å²) in [7, 11) is 1.68. The predicted octanol–water partition coefficient (Wildman–Crippen LogP) is 0.446. The van der Waals surface area contributed by atoms with Crippen LogP contribution in [0.15, 0.2) is 6.20 Å². The second kappa shape index (κ2) is 4.21. The van der Waals surface area contributed by atoms with Crippen LogP contribution in [0, 0.1) is 0 Å². The van der Waals surface area contributed by atoms with E-state index in [0.717, 1.165) is 19.4 Å². The molecule has 0 aromatic carbocycles. The Morgan fingerprint density at radius 2 is 2.50 bits per heavy atom. The van der Waals surface area contributed by atoms with Crippen LogP contribution in [-0.2, 0) is 4.74 Å². The van der Waals surface area contributed by atoms with Gasteiger partial charge in [-0.25, -0.2) is 0 Å². The van der Waals surface area contributed by atoms with Crippen LogP contribution in [0.5, 0.6) is 0 Å². The summed E-state index contributed by atoms with van der Waals surface area (Å²) < 4.78 is 5.44. The molecular formula is C10H16N4O2. The van der Waals surface area contributed by atoms with Crippen molar-refractivity contribution in [2.45, 2.75) is 25.4 Å². The zero-order chi connectivity index (χ0) is 11.6. The van der Waals surface area contributed by atoms with E-state index < -0.39 is 0 Å². The number of aromatic nitrogens is 3. The van der Waals surface area contributed by atoms with E-state index in [-0.39, 0.29) is 11.5 Å². The first-order valence-electron chi connectivity index (χ1n) is 5.35. The summed E-state index contributed by atoms with van der Waals surface area (Å²) in [5.74, 6) is -0.0864. The average molecular weight is 224 g/mol. The largest absolute Gasteiger partial charge is 0.377 e. The molecule has 1 N–H and O–H groups in total. The van der Waals surface area contributed by atoms with Gasteiger partial charge < -0.3 is 9.64 Å². The molecule has 2 rings (SSSR count). The van der Waals surface area contributed by atoms with Gasteiger partial charge in [0, 0.05) is 20.2 Å². The molecule has 1 aromatic rings. The molecule has 1 unspecified atom stereocenters. The second-order valence-corrected chi connectivity index (χ2v) is 4.34. The van der Waals surface area contributed by atoms with E-state index in [0.29, 0.717) is 12.2 Å². The van der Waals surface area contributed by atoms with Gasteiger partial charge in [-0.2, -0.15) is 15.4 Å². The van der Waals surface area contributed by atoms with Crippen LogP contribution in [0.2, 0.25) is 0 Å². The second-order valence-electron chi connectivity index (χ2n) is 4.34. The maximum atomic E-state index is 12.0. The molecule has 88 valence electrons. The van der Waals surface area contributed by atoms with E-state index in [2.05, 4.69) is 15.4 Å². The summed E-state index contributed by atoms with van der Waals surface area (Å²) in [6, 6.07) is 0. The van der Waals surface area contributed by atoms with Gasteiger partial charge in [-0.3, -0.25) is 4.79 Å². The molecule has 2 heterocycles. The lowest BCUT2D eigenvalue weighted by molar-refractivity contribution is -0.0441. The molecule has 0 spiro atoms. The first-order chi connectivity index (χ1) is 7.64. The van der Waals surface area contributed by atoms with Crippen LogP contribution >= 0.6 is 0 Å². The van der Waals surface area contributed by atoms with Gasteiger partial charge in [-0.1, -0.05) is 0 Å². The molecule has 1 aliphatic heterocycles. The maximum absolute atomic E-state index is 12.0. The lowest BCUT2D eigenvalue weighted by Gasteiger charge is -2.39. The average Bonchev–Trinajstić information content (AvgIpc) is 2.82. The predicted molar refractivity (Wildman–Crippen MR) is 56.9 cm³/mol. The Morgan fingerprint density at radius 3 is 3.12 bits per heavy atom. The van der Waals surface area contributed by atoms with Crippen molar-refractivity contribution in [3.05, 3.63) is 11.9 Å². The fourth-order valence-corrected chi connectivity index (χ4v) is 2.01. The molecule has 1 atom stereocenters. The fourth-order valence-electron chi connectivity index (χ4n) is 2.01. The Labute approximate surface area is 94.0 Å². The normalized spacial score (nSPS) is 25.8. The highest BCUT2D eigenvalue weighted by molar-refractivity contribution is 5.92. The third kappa shape index (κ3) is 2.06. The number of rotatable bonds is 2. The van der Waals surface area contributed by atoms with Crippen molar-refractivity contribution in [1.29, 1.82) is 0 Å². The maximum Gasteiger partial charge on any atom is 0.276 e. The van der Waals surface area contributed by atoms with E-state index in [4.69, 9.17) is 4.74 Å². The summed E-state index contributed by atoms with van der Waals surface area (Å²) in [5, 5.41) is 9.88. The zero-order valence-corrected chi connectivity index (χ0v) is 9.56. The Morgan fingerprint density at radius 1 is 1.69 bits per heavy atom. The van der Waals surface area contributed by atoms with Crippen molar-refractivity contribution in [2.24, 2.45) is 0 Å². The summed E-state index contributed by atoms with van der Waals surface area (Å²) in [4.78, 5) is 13.8. The Kier molecular flexibility index (Phi) is 2.91. The van der Waals surface area contributed by atoms with Gasteiger partial charge >= 0.3 is 0 Å². The number of carbonyl (C=O) groups is 1. The number of H-pyrrole nitrogens is 1. The van der Waals surface area contributed by atoms with E-state index in [9.17, 15) is 4.79 Å². The number of aromatic amines is 1. The Bertz CT molecular complexity index is 365. The number of hydrogen-bond acceptors (Lipinski definition) is 4. The molecule has 1 fully saturated rings. The van der Waals surface area contributed by atoms with Crippen LogP contribution in [0.4, 0.5) is 0 Å². The minimum absolute atomic E-state index is 0.0864. The van der Waals surface area contributed by atoms with E-state index in [1.165, 1.54) is 6.20 Å². The molecule has 16 heavy (non-hydrogen) atoms. The van der Waals surface area contributed by atoms with Crippen LogP contribution in [0.25, 0.3) is 0 Å². The zero-order valence-electron chi connectivity index (χ0n) is 9.56. The van der Waals surface area contributed by atoms with E-state index >= 15 is 0 Å². The molecule has 6 heteroatoms. The number of ether oxygens (including phenoxy) is 1. The summed E-state index contributed by atoms with van der Waals surface area (Å²) in [5.41, 5.74) is 0.123.